The lowest BCUT2D eigenvalue weighted by atomic mass is 9.94. The Kier molecular flexibility index (Phi) is 2.97. The summed E-state index contributed by atoms with van der Waals surface area (Å²) < 4.78 is -0.418. The number of nitrogens with one attached hydrogen (secondary N) is 1. The van der Waals surface area contributed by atoms with E-state index in [0.717, 1.165) is 0 Å². The maximum Gasteiger partial charge on any atom is 0.151 e. The molecule has 4 N–H and O–H groups in total. The Bertz CT molecular complexity index is 160. The van der Waals surface area contributed by atoms with Crippen LogP contribution in [0.15, 0.2) is 0 Å². The van der Waals surface area contributed by atoms with Gasteiger partial charge in [0.2, 0.25) is 0 Å². The van der Waals surface area contributed by atoms with Gasteiger partial charge in [0.1, 0.15) is 0 Å². The maximum atomic E-state index is 9.62. The van der Waals surface area contributed by atoms with E-state index in [2.05, 4.69) is 0 Å². The molecule has 0 spiro atoms. The lowest BCUT2D eigenvalue weighted by Crippen LogP contribution is -2.43. The molecule has 0 amide bonds. The Morgan fingerprint density at radius 1 is 1.36 bits per heavy atom. The second-order valence-corrected chi connectivity index (χ2v) is 5.20. The van der Waals surface area contributed by atoms with E-state index >= 15 is 0 Å². The minimum atomic E-state index is -0.830. The molecule has 0 radical (unpaired) electrons. The molecule has 0 aliphatic heterocycles. The summed E-state index contributed by atoms with van der Waals surface area (Å²) >= 11 is 1.17. The van der Waals surface area contributed by atoms with Crippen molar-refractivity contribution in [2.24, 2.45) is 5.73 Å². The van der Waals surface area contributed by atoms with E-state index in [4.69, 9.17) is 11.1 Å². The number of rotatable bonds is 2. The van der Waals surface area contributed by atoms with Gasteiger partial charge in [-0.15, -0.1) is 0 Å². The molecule has 0 bridgehead atoms. The van der Waals surface area contributed by atoms with Crippen LogP contribution in [0.4, 0.5) is 0 Å². The first kappa shape index (κ1) is 10.8. The summed E-state index contributed by atoms with van der Waals surface area (Å²) in [6.07, 6.45) is 0. The molecule has 11 heavy (non-hydrogen) atoms. The van der Waals surface area contributed by atoms with Crippen LogP contribution in [-0.2, 0) is 0 Å². The summed E-state index contributed by atoms with van der Waals surface area (Å²) in [5.74, 6) is 0. The Hall–Kier alpha value is -0.220. The number of nitrogens with two attached hydrogens (primary N) is 1. The van der Waals surface area contributed by atoms with Crippen molar-refractivity contribution < 1.29 is 5.11 Å². The van der Waals surface area contributed by atoms with Crippen LogP contribution in [0.2, 0.25) is 0 Å². The van der Waals surface area contributed by atoms with Gasteiger partial charge in [-0.1, -0.05) is 11.8 Å². The number of aliphatic hydroxyl groups is 1. The molecule has 0 aliphatic rings. The van der Waals surface area contributed by atoms with Crippen molar-refractivity contribution in [2.75, 3.05) is 0 Å². The van der Waals surface area contributed by atoms with Gasteiger partial charge in [-0.05, 0) is 27.7 Å². The SMILES string of the molecule is CC(C)(O)C(C)(C)SC(=N)N. The van der Waals surface area contributed by atoms with Crippen LogP contribution >= 0.6 is 11.8 Å². The summed E-state index contributed by atoms with van der Waals surface area (Å²) in [7, 11) is 0. The summed E-state index contributed by atoms with van der Waals surface area (Å²) in [5, 5.41) is 16.7. The topological polar surface area (TPSA) is 70.1 Å². The Labute approximate surface area is 71.9 Å². The fraction of sp³-hybridized carbons (Fsp3) is 0.857. The van der Waals surface area contributed by atoms with Crippen molar-refractivity contribution in [3.05, 3.63) is 0 Å². The van der Waals surface area contributed by atoms with E-state index in [1.54, 1.807) is 13.8 Å². The van der Waals surface area contributed by atoms with Crippen molar-refractivity contribution >= 4 is 16.9 Å². The van der Waals surface area contributed by atoms with Crippen molar-refractivity contribution in [2.45, 2.75) is 38.0 Å². The van der Waals surface area contributed by atoms with Crippen LogP contribution in [0.3, 0.4) is 0 Å². The molecule has 0 aromatic carbocycles. The molecule has 3 nitrogen and oxygen atoms in total. The normalized spacial score (nSPS) is 13.2. The minimum absolute atomic E-state index is 0.0390. The van der Waals surface area contributed by atoms with Crippen molar-refractivity contribution in [1.29, 1.82) is 5.41 Å². The number of thioether (sulfide) groups is 1. The Morgan fingerprint density at radius 2 is 1.73 bits per heavy atom. The number of hydrogen-bond donors (Lipinski definition) is 3. The van der Waals surface area contributed by atoms with Gasteiger partial charge < -0.3 is 10.8 Å². The highest BCUT2D eigenvalue weighted by atomic mass is 32.2. The lowest BCUT2D eigenvalue weighted by molar-refractivity contribution is 0.0496. The monoisotopic (exact) mass is 176 g/mol. The second kappa shape index (κ2) is 3.03. The largest absolute Gasteiger partial charge is 0.389 e. The fourth-order valence-electron chi connectivity index (χ4n) is 0.400. The van der Waals surface area contributed by atoms with E-state index < -0.39 is 10.3 Å². The molecular weight excluding hydrogens is 160 g/mol. The summed E-state index contributed by atoms with van der Waals surface area (Å²) in [6, 6.07) is 0. The van der Waals surface area contributed by atoms with Crippen molar-refractivity contribution in [1.82, 2.24) is 0 Å². The number of amidine groups is 1. The zero-order valence-electron chi connectivity index (χ0n) is 7.43. The van der Waals surface area contributed by atoms with Gasteiger partial charge in [-0.2, -0.15) is 0 Å². The maximum absolute atomic E-state index is 9.62. The molecule has 0 saturated heterocycles. The molecule has 0 aliphatic carbocycles. The third-order valence-corrected chi connectivity index (χ3v) is 3.07. The zero-order valence-corrected chi connectivity index (χ0v) is 8.25. The van der Waals surface area contributed by atoms with E-state index in [0.29, 0.717) is 0 Å². The third-order valence-electron chi connectivity index (χ3n) is 1.84. The molecule has 0 aromatic rings. The molecule has 0 fully saturated rings. The molecule has 0 unspecified atom stereocenters. The van der Waals surface area contributed by atoms with E-state index in [1.807, 2.05) is 13.8 Å². The van der Waals surface area contributed by atoms with Gasteiger partial charge in [-0.3, -0.25) is 5.41 Å². The first-order valence-corrected chi connectivity index (χ1v) is 4.24. The zero-order chi connectivity index (χ0) is 9.28. The minimum Gasteiger partial charge on any atom is -0.389 e. The van der Waals surface area contributed by atoms with Crippen LogP contribution in [0.5, 0.6) is 0 Å². The van der Waals surface area contributed by atoms with Gasteiger partial charge in [0.05, 0.1) is 5.60 Å². The molecule has 0 aromatic heterocycles. The Morgan fingerprint density at radius 3 is 1.82 bits per heavy atom. The van der Waals surface area contributed by atoms with Crippen LogP contribution in [-0.4, -0.2) is 20.6 Å². The van der Waals surface area contributed by atoms with E-state index in [-0.39, 0.29) is 5.17 Å². The molecule has 4 heteroatoms. The van der Waals surface area contributed by atoms with Crippen LogP contribution in [0.25, 0.3) is 0 Å². The summed E-state index contributed by atoms with van der Waals surface area (Å²) in [4.78, 5) is 0. The number of hydrogen-bond acceptors (Lipinski definition) is 3. The molecule has 0 rings (SSSR count). The van der Waals surface area contributed by atoms with Crippen LogP contribution in [0.1, 0.15) is 27.7 Å². The van der Waals surface area contributed by atoms with Crippen LogP contribution < -0.4 is 5.73 Å². The summed E-state index contributed by atoms with van der Waals surface area (Å²) in [6.45, 7) is 7.14. The molecule has 0 atom stereocenters. The average Bonchev–Trinajstić information content (AvgIpc) is 1.56. The quantitative estimate of drug-likeness (QED) is 0.437. The van der Waals surface area contributed by atoms with Gasteiger partial charge in [0, 0.05) is 4.75 Å². The molecule has 0 saturated carbocycles. The average molecular weight is 176 g/mol. The van der Waals surface area contributed by atoms with Crippen molar-refractivity contribution in [3.8, 4) is 0 Å². The fourth-order valence-corrected chi connectivity index (χ4v) is 1.20. The highest BCUT2D eigenvalue weighted by Gasteiger charge is 2.36. The molecule has 66 valence electrons. The van der Waals surface area contributed by atoms with Gasteiger partial charge in [-0.25, -0.2) is 0 Å². The van der Waals surface area contributed by atoms with Crippen molar-refractivity contribution in [3.63, 3.8) is 0 Å². The standard InChI is InChI=1S/C7H16N2OS/c1-6(2,10)7(3,4)11-5(8)9/h10H,1-4H3,(H3,8,9). The predicted molar refractivity (Wildman–Crippen MR) is 49.9 cm³/mol. The predicted octanol–water partition coefficient (Wildman–Crippen LogP) is 1.16. The summed E-state index contributed by atoms with van der Waals surface area (Å²) in [5.41, 5.74) is 4.38. The first-order valence-electron chi connectivity index (χ1n) is 3.42. The highest BCUT2D eigenvalue weighted by Crippen LogP contribution is 2.34. The van der Waals surface area contributed by atoms with E-state index in [9.17, 15) is 5.11 Å². The Balaban J connectivity index is 4.34. The molecular formula is C7H16N2OS. The second-order valence-electron chi connectivity index (χ2n) is 3.54. The van der Waals surface area contributed by atoms with E-state index in [1.165, 1.54) is 11.8 Å². The third kappa shape index (κ3) is 3.12. The molecule has 0 heterocycles. The van der Waals surface area contributed by atoms with Gasteiger partial charge in [0.25, 0.3) is 0 Å². The smallest absolute Gasteiger partial charge is 0.151 e. The van der Waals surface area contributed by atoms with Gasteiger partial charge >= 0.3 is 0 Å². The first-order chi connectivity index (χ1) is 4.67. The van der Waals surface area contributed by atoms with Gasteiger partial charge in [0.15, 0.2) is 5.17 Å². The lowest BCUT2D eigenvalue weighted by Gasteiger charge is -2.35. The highest BCUT2D eigenvalue weighted by molar-refractivity contribution is 8.14. The van der Waals surface area contributed by atoms with Crippen LogP contribution in [0, 0.1) is 5.41 Å².